The quantitative estimate of drug-likeness (QED) is 0.519. The van der Waals surface area contributed by atoms with Crippen molar-refractivity contribution >= 4 is 11.7 Å². The summed E-state index contributed by atoms with van der Waals surface area (Å²) in [4.78, 5) is 23.0. The highest BCUT2D eigenvalue weighted by Crippen LogP contribution is 2.19. The van der Waals surface area contributed by atoms with Gasteiger partial charge in [-0.2, -0.15) is 0 Å². The van der Waals surface area contributed by atoms with Crippen LogP contribution in [0.5, 0.6) is 0 Å². The molecule has 1 amide bonds. The van der Waals surface area contributed by atoms with Crippen molar-refractivity contribution in [2.75, 3.05) is 13.2 Å². The van der Waals surface area contributed by atoms with Gasteiger partial charge in [0.05, 0.1) is 6.61 Å². The van der Waals surface area contributed by atoms with Crippen LogP contribution in [-0.2, 0) is 9.59 Å². The molecule has 0 radical (unpaired) electrons. The van der Waals surface area contributed by atoms with E-state index in [1.165, 1.54) is 0 Å². The molecule has 0 aromatic carbocycles. The molecule has 5 heteroatoms. The van der Waals surface area contributed by atoms with E-state index in [9.17, 15) is 14.7 Å². The molecule has 0 fully saturated rings. The van der Waals surface area contributed by atoms with Crippen LogP contribution in [0.2, 0.25) is 0 Å². The summed E-state index contributed by atoms with van der Waals surface area (Å²) in [7, 11) is 0. The second kappa shape index (κ2) is 9.04. The molecule has 0 aliphatic heterocycles. The maximum atomic E-state index is 11.6. The van der Waals surface area contributed by atoms with E-state index >= 15 is 0 Å². The van der Waals surface area contributed by atoms with Crippen molar-refractivity contribution in [3.8, 4) is 0 Å². The van der Waals surface area contributed by atoms with Gasteiger partial charge in [0.2, 0.25) is 5.91 Å². The molecule has 112 valence electrons. The molecule has 0 bridgehead atoms. The van der Waals surface area contributed by atoms with E-state index in [0.717, 1.165) is 12.8 Å². The van der Waals surface area contributed by atoms with E-state index in [0.29, 0.717) is 25.8 Å². The van der Waals surface area contributed by atoms with Crippen LogP contribution in [0, 0.1) is 5.41 Å². The average Bonchev–Trinajstić information content (AvgIpc) is 2.39. The summed E-state index contributed by atoms with van der Waals surface area (Å²) < 4.78 is 0. The van der Waals surface area contributed by atoms with Gasteiger partial charge < -0.3 is 15.5 Å². The van der Waals surface area contributed by atoms with Crippen LogP contribution in [-0.4, -0.2) is 41.2 Å². The Morgan fingerprint density at radius 3 is 2.32 bits per heavy atom. The lowest BCUT2D eigenvalue weighted by atomic mass is 9.87. The lowest BCUT2D eigenvalue weighted by molar-refractivity contribution is -0.137. The van der Waals surface area contributed by atoms with Gasteiger partial charge in [0, 0.05) is 24.8 Å². The number of carbonyl (C=O) groups is 2. The Bertz CT molecular complexity index is 289. The Morgan fingerprint density at radius 2 is 1.79 bits per heavy atom. The molecular formula is C14H27NO4. The molecule has 1 atom stereocenters. The zero-order valence-electron chi connectivity index (χ0n) is 12.2. The molecule has 0 aliphatic rings. The van der Waals surface area contributed by atoms with Gasteiger partial charge in [-0.05, 0) is 12.8 Å². The maximum absolute atomic E-state index is 11.6. The standard InChI is InChI=1S/C14H27NO4/c1-4-5-7-11(17)8-6-9-15-13(19)12(18)14(2,3)10-16/h12,16,18H,4-10H2,1-3H3,(H,15,19)/t12-/m0/s1. The van der Waals surface area contributed by atoms with Crippen LogP contribution < -0.4 is 5.32 Å². The van der Waals surface area contributed by atoms with Crippen molar-refractivity contribution in [1.82, 2.24) is 5.32 Å². The number of aliphatic hydroxyl groups excluding tert-OH is 2. The number of ketones is 1. The lowest BCUT2D eigenvalue weighted by Gasteiger charge is -2.27. The van der Waals surface area contributed by atoms with Crippen LogP contribution >= 0.6 is 0 Å². The van der Waals surface area contributed by atoms with E-state index in [1.807, 2.05) is 6.92 Å². The fraction of sp³-hybridized carbons (Fsp3) is 0.857. The molecule has 0 aromatic heterocycles. The molecule has 0 saturated heterocycles. The monoisotopic (exact) mass is 273 g/mol. The van der Waals surface area contributed by atoms with Gasteiger partial charge in [0.25, 0.3) is 0 Å². The van der Waals surface area contributed by atoms with Crippen molar-refractivity contribution in [3.05, 3.63) is 0 Å². The summed E-state index contributed by atoms with van der Waals surface area (Å²) in [5.74, 6) is -0.285. The zero-order valence-corrected chi connectivity index (χ0v) is 12.2. The van der Waals surface area contributed by atoms with E-state index in [-0.39, 0.29) is 12.4 Å². The molecule has 5 nitrogen and oxygen atoms in total. The van der Waals surface area contributed by atoms with Gasteiger partial charge in [-0.1, -0.05) is 27.2 Å². The van der Waals surface area contributed by atoms with Crippen LogP contribution in [0.25, 0.3) is 0 Å². The van der Waals surface area contributed by atoms with E-state index in [1.54, 1.807) is 13.8 Å². The molecule has 0 saturated carbocycles. The predicted octanol–water partition coefficient (Wildman–Crippen LogP) is 1.02. The highest BCUT2D eigenvalue weighted by Gasteiger charge is 2.32. The lowest BCUT2D eigenvalue weighted by Crippen LogP contribution is -2.45. The topological polar surface area (TPSA) is 86.6 Å². The second-order valence-electron chi connectivity index (χ2n) is 5.59. The van der Waals surface area contributed by atoms with Gasteiger partial charge in [-0.3, -0.25) is 9.59 Å². The molecule has 0 spiro atoms. The Morgan fingerprint density at radius 1 is 1.21 bits per heavy atom. The van der Waals surface area contributed by atoms with E-state index in [2.05, 4.69) is 5.32 Å². The number of carbonyl (C=O) groups excluding carboxylic acids is 2. The minimum atomic E-state index is -1.24. The first-order chi connectivity index (χ1) is 8.85. The van der Waals surface area contributed by atoms with Crippen LogP contribution in [0.4, 0.5) is 0 Å². The van der Waals surface area contributed by atoms with Crippen LogP contribution in [0.15, 0.2) is 0 Å². The van der Waals surface area contributed by atoms with Crippen LogP contribution in [0.3, 0.4) is 0 Å². The minimum absolute atomic E-state index is 0.215. The number of hydrogen-bond acceptors (Lipinski definition) is 4. The first-order valence-corrected chi connectivity index (χ1v) is 6.93. The average molecular weight is 273 g/mol. The summed E-state index contributed by atoms with van der Waals surface area (Å²) >= 11 is 0. The smallest absolute Gasteiger partial charge is 0.249 e. The minimum Gasteiger partial charge on any atom is -0.396 e. The molecule has 0 heterocycles. The number of unbranched alkanes of at least 4 members (excludes halogenated alkanes) is 1. The van der Waals surface area contributed by atoms with Crippen LogP contribution in [0.1, 0.15) is 52.9 Å². The third kappa shape index (κ3) is 7.28. The summed E-state index contributed by atoms with van der Waals surface area (Å²) in [5, 5.41) is 21.4. The summed E-state index contributed by atoms with van der Waals surface area (Å²) in [6, 6.07) is 0. The third-order valence-corrected chi connectivity index (χ3v) is 3.14. The number of Topliss-reactive ketones (excluding diaryl/α,β-unsaturated/α-hetero) is 1. The summed E-state index contributed by atoms with van der Waals surface area (Å²) in [5.41, 5.74) is -0.860. The third-order valence-electron chi connectivity index (χ3n) is 3.14. The molecule has 0 aliphatic carbocycles. The first kappa shape index (κ1) is 18.1. The number of hydrogen-bond donors (Lipinski definition) is 3. The van der Waals surface area contributed by atoms with Gasteiger partial charge in [0.15, 0.2) is 0 Å². The molecule has 0 rings (SSSR count). The molecular weight excluding hydrogens is 246 g/mol. The normalized spacial score (nSPS) is 13.1. The van der Waals surface area contributed by atoms with Gasteiger partial charge >= 0.3 is 0 Å². The van der Waals surface area contributed by atoms with E-state index < -0.39 is 17.4 Å². The summed E-state index contributed by atoms with van der Waals surface area (Å²) in [6.07, 6.45) is 2.32. The fourth-order valence-electron chi connectivity index (χ4n) is 1.53. The Kier molecular flexibility index (Phi) is 8.59. The predicted molar refractivity (Wildman–Crippen MR) is 73.6 cm³/mol. The fourth-order valence-corrected chi connectivity index (χ4v) is 1.53. The number of aliphatic hydroxyl groups is 2. The number of nitrogens with one attached hydrogen (secondary N) is 1. The Labute approximate surface area is 115 Å². The molecule has 0 aromatic rings. The molecule has 0 unspecified atom stereocenters. The van der Waals surface area contributed by atoms with Crippen molar-refractivity contribution < 1.29 is 19.8 Å². The first-order valence-electron chi connectivity index (χ1n) is 6.93. The molecule has 3 N–H and O–H groups in total. The number of amides is 1. The molecule has 19 heavy (non-hydrogen) atoms. The Hall–Kier alpha value is -0.940. The summed E-state index contributed by atoms with van der Waals surface area (Å²) in [6.45, 7) is 5.38. The van der Waals surface area contributed by atoms with Crippen molar-refractivity contribution in [3.63, 3.8) is 0 Å². The van der Waals surface area contributed by atoms with Gasteiger partial charge in [-0.15, -0.1) is 0 Å². The largest absolute Gasteiger partial charge is 0.396 e. The SMILES string of the molecule is CCCCC(=O)CCCNC(=O)[C@H](O)C(C)(C)CO. The van der Waals surface area contributed by atoms with Gasteiger partial charge in [0.1, 0.15) is 11.9 Å². The van der Waals surface area contributed by atoms with Crippen molar-refractivity contribution in [2.45, 2.75) is 59.0 Å². The van der Waals surface area contributed by atoms with Crippen molar-refractivity contribution in [1.29, 1.82) is 0 Å². The van der Waals surface area contributed by atoms with Crippen molar-refractivity contribution in [2.24, 2.45) is 5.41 Å². The van der Waals surface area contributed by atoms with Gasteiger partial charge in [-0.25, -0.2) is 0 Å². The maximum Gasteiger partial charge on any atom is 0.249 e. The highest BCUT2D eigenvalue weighted by atomic mass is 16.3. The number of rotatable bonds is 10. The highest BCUT2D eigenvalue weighted by molar-refractivity contribution is 5.81. The zero-order chi connectivity index (χ0) is 14.9. The second-order valence-corrected chi connectivity index (χ2v) is 5.59. The Balaban J connectivity index is 3.83. The van der Waals surface area contributed by atoms with E-state index in [4.69, 9.17) is 5.11 Å².